The zero-order valence-corrected chi connectivity index (χ0v) is 17.0. The van der Waals surface area contributed by atoms with Crippen LogP contribution in [0, 0.1) is 0 Å². The van der Waals surface area contributed by atoms with Crippen LogP contribution in [0.2, 0.25) is 0 Å². The zero-order chi connectivity index (χ0) is 20.6. The Balaban J connectivity index is 1.85. The van der Waals surface area contributed by atoms with Gasteiger partial charge >= 0.3 is 6.18 Å². The number of benzene rings is 1. The summed E-state index contributed by atoms with van der Waals surface area (Å²) in [5.41, 5.74) is -0.281. The van der Waals surface area contributed by atoms with E-state index in [9.17, 15) is 18.0 Å². The molecule has 0 N–H and O–H groups in total. The quantitative estimate of drug-likeness (QED) is 0.521. The maximum absolute atomic E-state index is 13.7. The Kier molecular flexibility index (Phi) is 5.33. The first-order valence-corrected chi connectivity index (χ1v) is 10.1. The first kappa shape index (κ1) is 19.9. The molecule has 9 heteroatoms. The van der Waals surface area contributed by atoms with Crippen LogP contribution >= 0.6 is 15.9 Å². The van der Waals surface area contributed by atoms with Crippen molar-refractivity contribution in [3.05, 3.63) is 52.3 Å². The number of nitrogens with zero attached hydrogens (tertiary/aromatic N) is 4. The number of amides is 1. The van der Waals surface area contributed by atoms with Gasteiger partial charge in [0.1, 0.15) is 5.56 Å². The molecule has 4 rings (SSSR count). The van der Waals surface area contributed by atoms with Crippen LogP contribution in [0.5, 0.6) is 0 Å². The second-order valence-electron chi connectivity index (χ2n) is 7.03. The summed E-state index contributed by atoms with van der Waals surface area (Å²) in [4.78, 5) is 19.1. The third-order valence-electron chi connectivity index (χ3n) is 5.03. The SMILES string of the molecule is O=C(c1cnn2c(C(F)(F)F)cc(-c3ccc(Br)cc3)nc12)N1CCCCCC1. The average Bonchev–Trinajstić information content (AvgIpc) is 2.92. The summed E-state index contributed by atoms with van der Waals surface area (Å²) in [5, 5.41) is 3.85. The standard InChI is InChI=1S/C20H18BrF3N4O/c21-14-7-5-13(6-8-14)16-11-17(20(22,23)24)28-18(26-16)15(12-25-28)19(29)27-9-3-1-2-4-10-27/h5-8,11-12H,1-4,9-10H2. The van der Waals surface area contributed by atoms with Gasteiger partial charge < -0.3 is 4.90 Å². The molecule has 1 saturated heterocycles. The summed E-state index contributed by atoms with van der Waals surface area (Å²) in [7, 11) is 0. The van der Waals surface area contributed by atoms with E-state index >= 15 is 0 Å². The second-order valence-corrected chi connectivity index (χ2v) is 7.95. The van der Waals surface area contributed by atoms with E-state index in [1.807, 2.05) is 0 Å². The monoisotopic (exact) mass is 466 g/mol. The van der Waals surface area contributed by atoms with E-state index in [0.717, 1.165) is 36.2 Å². The molecule has 3 heterocycles. The predicted octanol–water partition coefficient (Wildman–Crippen LogP) is 5.19. The number of carbonyl (C=O) groups excluding carboxylic acids is 1. The van der Waals surface area contributed by atoms with Crippen LogP contribution in [-0.4, -0.2) is 38.5 Å². The molecule has 1 aromatic carbocycles. The molecule has 2 aromatic heterocycles. The van der Waals surface area contributed by atoms with Gasteiger partial charge in [-0.15, -0.1) is 0 Å². The Labute approximate surface area is 173 Å². The lowest BCUT2D eigenvalue weighted by molar-refractivity contribution is -0.142. The molecule has 152 valence electrons. The molecule has 0 bridgehead atoms. The Morgan fingerprint density at radius 3 is 2.31 bits per heavy atom. The summed E-state index contributed by atoms with van der Waals surface area (Å²) in [6, 6.07) is 7.78. The second kappa shape index (κ2) is 7.78. The minimum atomic E-state index is -4.64. The Hall–Kier alpha value is -2.42. The highest BCUT2D eigenvalue weighted by Crippen LogP contribution is 2.33. The van der Waals surface area contributed by atoms with Gasteiger partial charge in [0.05, 0.1) is 11.9 Å². The Morgan fingerprint density at radius 2 is 1.69 bits per heavy atom. The molecular formula is C20H18BrF3N4O. The normalized spacial score (nSPS) is 15.5. The Morgan fingerprint density at radius 1 is 1.03 bits per heavy atom. The van der Waals surface area contributed by atoms with Crippen molar-refractivity contribution in [2.75, 3.05) is 13.1 Å². The molecule has 0 unspecified atom stereocenters. The summed E-state index contributed by atoms with van der Waals surface area (Å²) in [6.45, 7) is 1.18. The largest absolute Gasteiger partial charge is 0.433 e. The first-order chi connectivity index (χ1) is 13.8. The molecule has 1 amide bonds. The van der Waals surface area contributed by atoms with Gasteiger partial charge in [0.2, 0.25) is 0 Å². The zero-order valence-electron chi connectivity index (χ0n) is 15.4. The van der Waals surface area contributed by atoms with Crippen molar-refractivity contribution in [2.24, 2.45) is 0 Å². The van der Waals surface area contributed by atoms with Crippen LogP contribution in [0.15, 0.2) is 41.0 Å². The predicted molar refractivity (Wildman–Crippen MR) is 105 cm³/mol. The van der Waals surface area contributed by atoms with Crippen LogP contribution in [0.1, 0.15) is 41.7 Å². The number of carbonyl (C=O) groups is 1. The molecule has 0 radical (unpaired) electrons. The van der Waals surface area contributed by atoms with Crippen molar-refractivity contribution in [3.63, 3.8) is 0 Å². The summed E-state index contributed by atoms with van der Waals surface area (Å²) in [5.74, 6) is -0.324. The van der Waals surface area contributed by atoms with Gasteiger partial charge in [-0.05, 0) is 31.0 Å². The van der Waals surface area contributed by atoms with Gasteiger partial charge in [0.25, 0.3) is 5.91 Å². The van der Waals surface area contributed by atoms with E-state index in [0.29, 0.717) is 23.2 Å². The lowest BCUT2D eigenvalue weighted by Crippen LogP contribution is -2.31. The fourth-order valence-electron chi connectivity index (χ4n) is 3.53. The summed E-state index contributed by atoms with van der Waals surface area (Å²) < 4.78 is 42.6. The maximum Gasteiger partial charge on any atom is 0.433 e. The number of likely N-dealkylation sites (tertiary alicyclic amines) is 1. The third-order valence-corrected chi connectivity index (χ3v) is 5.55. The average molecular weight is 467 g/mol. The minimum absolute atomic E-state index is 0.0769. The number of fused-ring (bicyclic) bond motifs is 1. The highest BCUT2D eigenvalue weighted by atomic mass is 79.9. The number of aromatic nitrogens is 3. The summed E-state index contributed by atoms with van der Waals surface area (Å²) in [6.07, 6.45) is 0.411. The molecule has 1 aliphatic heterocycles. The molecule has 0 saturated carbocycles. The molecule has 29 heavy (non-hydrogen) atoms. The van der Waals surface area contributed by atoms with Gasteiger partial charge in [0.15, 0.2) is 11.3 Å². The van der Waals surface area contributed by atoms with E-state index < -0.39 is 11.9 Å². The third kappa shape index (κ3) is 4.01. The van der Waals surface area contributed by atoms with Gasteiger partial charge in [-0.1, -0.05) is 40.9 Å². The van der Waals surface area contributed by atoms with Gasteiger partial charge in [-0.25, -0.2) is 9.50 Å². The topological polar surface area (TPSA) is 50.5 Å². The fourth-order valence-corrected chi connectivity index (χ4v) is 3.79. The highest BCUT2D eigenvalue weighted by molar-refractivity contribution is 9.10. The number of hydrogen-bond donors (Lipinski definition) is 0. The highest BCUT2D eigenvalue weighted by Gasteiger charge is 2.36. The molecule has 0 atom stereocenters. The number of alkyl halides is 3. The molecule has 0 spiro atoms. The van der Waals surface area contributed by atoms with Crippen molar-refractivity contribution >= 4 is 27.5 Å². The van der Waals surface area contributed by atoms with Gasteiger partial charge in [0, 0.05) is 23.1 Å². The molecule has 1 aliphatic rings. The van der Waals surface area contributed by atoms with Gasteiger partial charge in [-0.2, -0.15) is 18.3 Å². The summed E-state index contributed by atoms with van der Waals surface area (Å²) >= 11 is 3.31. The molecule has 0 aliphatic carbocycles. The molecule has 5 nitrogen and oxygen atoms in total. The number of rotatable bonds is 2. The van der Waals surface area contributed by atoms with Crippen molar-refractivity contribution in [1.82, 2.24) is 19.5 Å². The van der Waals surface area contributed by atoms with E-state index in [2.05, 4.69) is 26.0 Å². The first-order valence-electron chi connectivity index (χ1n) is 9.36. The van der Waals surface area contributed by atoms with Crippen molar-refractivity contribution in [1.29, 1.82) is 0 Å². The van der Waals surface area contributed by atoms with Crippen LogP contribution in [0.4, 0.5) is 13.2 Å². The molecule has 3 aromatic rings. The van der Waals surface area contributed by atoms with E-state index in [4.69, 9.17) is 0 Å². The Bertz CT molecular complexity index is 1040. The number of halogens is 4. The maximum atomic E-state index is 13.7. The van der Waals surface area contributed by atoms with Crippen molar-refractivity contribution in [2.45, 2.75) is 31.9 Å². The van der Waals surface area contributed by atoms with Crippen LogP contribution in [0.25, 0.3) is 16.9 Å². The van der Waals surface area contributed by atoms with Crippen molar-refractivity contribution < 1.29 is 18.0 Å². The van der Waals surface area contributed by atoms with E-state index in [1.54, 1.807) is 29.2 Å². The fraction of sp³-hybridized carbons (Fsp3) is 0.350. The lowest BCUT2D eigenvalue weighted by Gasteiger charge is -2.19. The van der Waals surface area contributed by atoms with Crippen molar-refractivity contribution in [3.8, 4) is 11.3 Å². The van der Waals surface area contributed by atoms with Crippen LogP contribution in [0.3, 0.4) is 0 Å². The van der Waals surface area contributed by atoms with Crippen LogP contribution in [-0.2, 0) is 6.18 Å². The van der Waals surface area contributed by atoms with Crippen LogP contribution < -0.4 is 0 Å². The minimum Gasteiger partial charge on any atom is -0.338 e. The smallest absolute Gasteiger partial charge is 0.338 e. The molecule has 1 fully saturated rings. The number of hydrogen-bond acceptors (Lipinski definition) is 3. The van der Waals surface area contributed by atoms with Gasteiger partial charge in [-0.3, -0.25) is 4.79 Å². The van der Waals surface area contributed by atoms with E-state index in [-0.39, 0.29) is 22.8 Å². The lowest BCUT2D eigenvalue weighted by atomic mass is 10.1. The molecular weight excluding hydrogens is 449 g/mol. The van der Waals surface area contributed by atoms with E-state index in [1.165, 1.54) is 6.20 Å².